The number of carbonyl (C=O) groups excluding carboxylic acids is 1. The molecule has 0 saturated heterocycles. The molecule has 3 rings (SSSR count). The number of carboxylic acids is 1. The van der Waals surface area contributed by atoms with Crippen molar-refractivity contribution < 1.29 is 14.7 Å². The molecular formula is C15H11ClN2O3. The maximum atomic E-state index is 12.5. The van der Waals surface area contributed by atoms with Crippen molar-refractivity contribution >= 4 is 29.2 Å². The van der Waals surface area contributed by atoms with Crippen molar-refractivity contribution in [3.8, 4) is 0 Å². The fourth-order valence-electron chi connectivity index (χ4n) is 2.45. The molecule has 1 amide bonds. The second-order valence-corrected chi connectivity index (χ2v) is 5.16. The highest BCUT2D eigenvalue weighted by Gasteiger charge is 2.36. The summed E-state index contributed by atoms with van der Waals surface area (Å²) in [7, 11) is 0. The first kappa shape index (κ1) is 13.6. The van der Waals surface area contributed by atoms with Crippen LogP contribution >= 0.6 is 11.6 Å². The Hall–Kier alpha value is -2.40. The smallest absolute Gasteiger partial charge is 0.312 e. The van der Waals surface area contributed by atoms with Crippen LogP contribution in [-0.4, -0.2) is 28.5 Å². The number of halogens is 1. The topological polar surface area (TPSA) is 70.5 Å². The number of para-hydroxylation sites is 1. The molecule has 1 aliphatic rings. The minimum atomic E-state index is -0.943. The summed E-state index contributed by atoms with van der Waals surface area (Å²) in [6, 6.07) is 10.1. The van der Waals surface area contributed by atoms with Gasteiger partial charge in [-0.25, -0.2) is 4.98 Å². The normalized spacial score (nSPS) is 16.6. The summed E-state index contributed by atoms with van der Waals surface area (Å²) < 4.78 is 0. The van der Waals surface area contributed by atoms with Gasteiger partial charge in [-0.2, -0.15) is 0 Å². The highest BCUT2D eigenvalue weighted by atomic mass is 35.5. The molecular weight excluding hydrogens is 292 g/mol. The van der Waals surface area contributed by atoms with Crippen LogP contribution in [0.1, 0.15) is 22.0 Å². The van der Waals surface area contributed by atoms with Gasteiger partial charge in [0, 0.05) is 18.4 Å². The zero-order valence-electron chi connectivity index (χ0n) is 10.9. The van der Waals surface area contributed by atoms with E-state index in [4.69, 9.17) is 11.6 Å². The Balaban J connectivity index is 1.98. The van der Waals surface area contributed by atoms with Crippen molar-refractivity contribution in [3.63, 3.8) is 0 Å². The van der Waals surface area contributed by atoms with Gasteiger partial charge in [0.05, 0.1) is 5.02 Å². The van der Waals surface area contributed by atoms with E-state index in [0.717, 1.165) is 0 Å². The van der Waals surface area contributed by atoms with E-state index < -0.39 is 11.9 Å². The van der Waals surface area contributed by atoms with E-state index in [2.05, 4.69) is 4.98 Å². The number of aliphatic carboxylic acids is 1. The first-order chi connectivity index (χ1) is 10.1. The highest BCUT2D eigenvalue weighted by molar-refractivity contribution is 6.30. The Bertz CT molecular complexity index is 715. The molecule has 0 fully saturated rings. The van der Waals surface area contributed by atoms with Crippen molar-refractivity contribution in [3.05, 3.63) is 58.9 Å². The molecule has 21 heavy (non-hydrogen) atoms. The molecule has 0 saturated carbocycles. The Labute approximate surface area is 125 Å². The molecule has 1 aromatic heterocycles. The number of hydrogen-bond acceptors (Lipinski definition) is 3. The van der Waals surface area contributed by atoms with Gasteiger partial charge in [-0.1, -0.05) is 29.8 Å². The van der Waals surface area contributed by atoms with Crippen LogP contribution in [0.5, 0.6) is 0 Å². The molecule has 0 radical (unpaired) electrons. The number of rotatable bonds is 2. The zero-order chi connectivity index (χ0) is 15.0. The molecule has 0 unspecified atom stereocenters. The van der Waals surface area contributed by atoms with Gasteiger partial charge in [-0.3, -0.25) is 9.59 Å². The maximum Gasteiger partial charge on any atom is 0.312 e. The van der Waals surface area contributed by atoms with Gasteiger partial charge in [0.15, 0.2) is 0 Å². The molecule has 106 valence electrons. The van der Waals surface area contributed by atoms with E-state index in [-0.39, 0.29) is 18.1 Å². The third kappa shape index (κ3) is 2.36. The van der Waals surface area contributed by atoms with Gasteiger partial charge in [0.1, 0.15) is 11.6 Å². The molecule has 0 bridgehead atoms. The quantitative estimate of drug-likeness (QED) is 0.925. The molecule has 1 aromatic carbocycles. The number of pyridine rings is 1. The molecule has 6 heteroatoms. The third-order valence-electron chi connectivity index (χ3n) is 3.46. The lowest BCUT2D eigenvalue weighted by atomic mass is 10.0. The van der Waals surface area contributed by atoms with E-state index in [1.165, 1.54) is 17.2 Å². The van der Waals surface area contributed by atoms with Gasteiger partial charge in [0.2, 0.25) is 0 Å². The van der Waals surface area contributed by atoms with Crippen LogP contribution in [0.2, 0.25) is 5.02 Å². The van der Waals surface area contributed by atoms with E-state index in [9.17, 15) is 14.7 Å². The lowest BCUT2D eigenvalue weighted by Crippen LogP contribution is -2.31. The minimum Gasteiger partial charge on any atom is -0.481 e. The number of carboxylic acid groups (broad SMARTS) is 1. The van der Waals surface area contributed by atoms with E-state index in [1.807, 2.05) is 0 Å². The van der Waals surface area contributed by atoms with E-state index >= 15 is 0 Å². The van der Waals surface area contributed by atoms with Gasteiger partial charge in [-0.15, -0.1) is 0 Å². The van der Waals surface area contributed by atoms with E-state index in [1.54, 1.807) is 30.3 Å². The zero-order valence-corrected chi connectivity index (χ0v) is 11.6. The molecule has 1 aliphatic heterocycles. The largest absolute Gasteiger partial charge is 0.481 e. The van der Waals surface area contributed by atoms with Crippen LogP contribution < -0.4 is 4.90 Å². The van der Waals surface area contributed by atoms with Crippen LogP contribution in [0, 0.1) is 0 Å². The molecule has 2 aromatic rings. The summed E-state index contributed by atoms with van der Waals surface area (Å²) in [6.07, 6.45) is 1.39. The Morgan fingerprint density at radius 1 is 1.24 bits per heavy atom. The summed E-state index contributed by atoms with van der Waals surface area (Å²) in [5.41, 5.74) is 1.50. The molecule has 5 nitrogen and oxygen atoms in total. The molecule has 1 atom stereocenters. The monoisotopic (exact) mass is 302 g/mol. The van der Waals surface area contributed by atoms with Crippen molar-refractivity contribution in [2.45, 2.75) is 5.92 Å². The Morgan fingerprint density at radius 3 is 2.67 bits per heavy atom. The highest BCUT2D eigenvalue weighted by Crippen LogP contribution is 2.36. The fourth-order valence-corrected chi connectivity index (χ4v) is 2.56. The van der Waals surface area contributed by atoms with Crippen LogP contribution in [0.25, 0.3) is 0 Å². The standard InChI is InChI=1S/C15H11ClN2O3/c16-9-5-6-12(17-7-9)14(19)18-8-11(15(20)21)10-3-1-2-4-13(10)18/h1-7,11H,8H2,(H,20,21)/t11-/m0/s1. The first-order valence-electron chi connectivity index (χ1n) is 6.33. The molecule has 2 heterocycles. The van der Waals surface area contributed by atoms with Crippen molar-refractivity contribution in [2.75, 3.05) is 11.4 Å². The summed E-state index contributed by atoms with van der Waals surface area (Å²) in [5, 5.41) is 9.74. The summed E-state index contributed by atoms with van der Waals surface area (Å²) in [5.74, 6) is -1.98. The number of anilines is 1. The van der Waals surface area contributed by atoms with Crippen LogP contribution in [0.4, 0.5) is 5.69 Å². The predicted octanol–water partition coefficient (Wildman–Crippen LogP) is 2.56. The van der Waals surface area contributed by atoms with Crippen molar-refractivity contribution in [1.82, 2.24) is 4.98 Å². The average molecular weight is 303 g/mol. The number of hydrogen-bond donors (Lipinski definition) is 1. The maximum absolute atomic E-state index is 12.5. The van der Waals surface area contributed by atoms with Crippen LogP contribution in [0.3, 0.4) is 0 Å². The molecule has 0 spiro atoms. The van der Waals surface area contributed by atoms with Crippen LogP contribution in [-0.2, 0) is 4.79 Å². The Morgan fingerprint density at radius 2 is 2.00 bits per heavy atom. The lowest BCUT2D eigenvalue weighted by molar-refractivity contribution is -0.138. The van der Waals surface area contributed by atoms with Crippen molar-refractivity contribution in [1.29, 1.82) is 0 Å². The average Bonchev–Trinajstić information content (AvgIpc) is 2.87. The second kappa shape index (κ2) is 5.18. The van der Waals surface area contributed by atoms with E-state index in [0.29, 0.717) is 16.3 Å². The SMILES string of the molecule is O=C(O)[C@H]1CN(C(=O)c2ccc(Cl)cn2)c2ccccc21. The number of fused-ring (bicyclic) bond motifs is 1. The molecule has 0 aliphatic carbocycles. The first-order valence-corrected chi connectivity index (χ1v) is 6.71. The number of amides is 1. The Kier molecular flexibility index (Phi) is 3.35. The summed E-state index contributed by atoms with van der Waals surface area (Å²) in [6.45, 7) is 0.109. The van der Waals surface area contributed by atoms with Gasteiger partial charge < -0.3 is 10.0 Å². The number of aromatic nitrogens is 1. The predicted molar refractivity (Wildman–Crippen MR) is 77.7 cm³/mol. The van der Waals surface area contributed by atoms with Gasteiger partial charge >= 0.3 is 5.97 Å². The number of benzene rings is 1. The number of nitrogens with zero attached hydrogens (tertiary/aromatic N) is 2. The third-order valence-corrected chi connectivity index (χ3v) is 3.68. The minimum absolute atomic E-state index is 0.109. The summed E-state index contributed by atoms with van der Waals surface area (Å²) in [4.78, 5) is 29.3. The summed E-state index contributed by atoms with van der Waals surface area (Å²) >= 11 is 5.76. The lowest BCUT2D eigenvalue weighted by Gasteiger charge is -2.16. The van der Waals surface area contributed by atoms with Gasteiger partial charge in [-0.05, 0) is 23.8 Å². The molecule has 1 N–H and O–H groups in total. The van der Waals surface area contributed by atoms with Crippen molar-refractivity contribution in [2.24, 2.45) is 0 Å². The van der Waals surface area contributed by atoms with Gasteiger partial charge in [0.25, 0.3) is 5.91 Å². The second-order valence-electron chi connectivity index (χ2n) is 4.73. The van der Waals surface area contributed by atoms with Crippen LogP contribution in [0.15, 0.2) is 42.6 Å². The number of carbonyl (C=O) groups is 2. The fraction of sp³-hybridized carbons (Fsp3) is 0.133.